The average Bonchev–Trinajstić information content (AvgIpc) is 2.40. The monoisotopic (exact) mass is 357 g/mol. The van der Waals surface area contributed by atoms with E-state index in [9.17, 15) is 4.39 Å². The van der Waals surface area contributed by atoms with Gasteiger partial charge in [0, 0.05) is 21.6 Å². The van der Waals surface area contributed by atoms with E-state index in [2.05, 4.69) is 15.9 Å². The van der Waals surface area contributed by atoms with Gasteiger partial charge in [0.1, 0.15) is 18.2 Å². The van der Waals surface area contributed by atoms with Crippen LogP contribution >= 0.6 is 27.5 Å². The summed E-state index contributed by atoms with van der Waals surface area (Å²) in [7, 11) is 0. The second-order valence-electron chi connectivity index (χ2n) is 4.47. The summed E-state index contributed by atoms with van der Waals surface area (Å²) >= 11 is 9.29. The Kier molecular flexibility index (Phi) is 5.02. The van der Waals surface area contributed by atoms with Gasteiger partial charge in [-0.2, -0.15) is 0 Å². The van der Waals surface area contributed by atoms with E-state index in [1.807, 2.05) is 25.1 Å². The molecule has 0 radical (unpaired) electrons. The molecule has 5 heteroatoms. The lowest BCUT2D eigenvalue weighted by molar-refractivity contribution is 0.301. The summed E-state index contributed by atoms with van der Waals surface area (Å²) in [6, 6.07) is 10.1. The quantitative estimate of drug-likeness (QED) is 0.848. The Morgan fingerprint density at radius 2 is 2.10 bits per heavy atom. The average molecular weight is 359 g/mol. The summed E-state index contributed by atoms with van der Waals surface area (Å²) in [5, 5.41) is 0.0878. The third-order valence-corrected chi connectivity index (χ3v) is 3.80. The van der Waals surface area contributed by atoms with E-state index in [-0.39, 0.29) is 17.7 Å². The highest BCUT2D eigenvalue weighted by atomic mass is 79.9. The number of benzene rings is 2. The van der Waals surface area contributed by atoms with Crippen molar-refractivity contribution in [3.8, 4) is 5.75 Å². The highest BCUT2D eigenvalue weighted by Crippen LogP contribution is 2.29. The molecule has 0 aliphatic carbocycles. The minimum atomic E-state index is -0.450. The standard InChI is InChI=1S/C15H14BrClFNO/c1-9(19)12-6-5-11(16)7-14(12)20-8-10-3-2-4-13(18)15(10)17/h2-7,9H,8,19H2,1H3/t9-/m0/s1. The molecule has 2 N–H and O–H groups in total. The molecular weight excluding hydrogens is 345 g/mol. The van der Waals surface area contributed by atoms with Crippen LogP contribution in [0.2, 0.25) is 5.02 Å². The number of ether oxygens (including phenoxy) is 1. The first-order chi connectivity index (χ1) is 9.49. The Hall–Kier alpha value is -1.10. The first kappa shape index (κ1) is 15.3. The van der Waals surface area contributed by atoms with Crippen molar-refractivity contribution >= 4 is 27.5 Å². The molecule has 2 nitrogen and oxygen atoms in total. The summed E-state index contributed by atoms with van der Waals surface area (Å²) in [6.45, 7) is 2.07. The van der Waals surface area contributed by atoms with Gasteiger partial charge in [-0.1, -0.05) is 45.7 Å². The van der Waals surface area contributed by atoms with Gasteiger partial charge in [0.15, 0.2) is 0 Å². The molecule has 0 spiro atoms. The van der Waals surface area contributed by atoms with E-state index < -0.39 is 5.82 Å². The van der Waals surface area contributed by atoms with E-state index in [0.29, 0.717) is 11.3 Å². The van der Waals surface area contributed by atoms with Gasteiger partial charge >= 0.3 is 0 Å². The van der Waals surface area contributed by atoms with E-state index >= 15 is 0 Å². The Bertz CT molecular complexity index is 619. The molecule has 2 rings (SSSR count). The molecule has 0 saturated carbocycles. The Labute approximate surface area is 130 Å². The molecule has 0 heterocycles. The molecule has 20 heavy (non-hydrogen) atoms. The molecule has 0 aliphatic heterocycles. The lowest BCUT2D eigenvalue weighted by Crippen LogP contribution is -2.08. The SMILES string of the molecule is C[C@H](N)c1ccc(Br)cc1OCc1cccc(F)c1Cl. The zero-order valence-electron chi connectivity index (χ0n) is 10.9. The summed E-state index contributed by atoms with van der Waals surface area (Å²) in [5.74, 6) is 0.212. The number of rotatable bonds is 4. The van der Waals surface area contributed by atoms with Gasteiger partial charge in [-0.3, -0.25) is 0 Å². The number of hydrogen-bond acceptors (Lipinski definition) is 2. The van der Waals surface area contributed by atoms with Crippen molar-refractivity contribution in [2.24, 2.45) is 5.73 Å². The van der Waals surface area contributed by atoms with Crippen LogP contribution in [-0.4, -0.2) is 0 Å². The number of nitrogens with two attached hydrogens (primary N) is 1. The van der Waals surface area contributed by atoms with Crippen LogP contribution in [0, 0.1) is 5.82 Å². The molecule has 0 amide bonds. The van der Waals surface area contributed by atoms with Crippen molar-refractivity contribution in [1.29, 1.82) is 0 Å². The van der Waals surface area contributed by atoms with E-state index in [1.165, 1.54) is 6.07 Å². The zero-order chi connectivity index (χ0) is 14.7. The Morgan fingerprint density at radius 1 is 1.35 bits per heavy atom. The van der Waals surface area contributed by atoms with Crippen LogP contribution in [0.15, 0.2) is 40.9 Å². The minimum absolute atomic E-state index is 0.0878. The normalized spacial score (nSPS) is 12.2. The molecule has 0 aliphatic rings. The van der Waals surface area contributed by atoms with Crippen LogP contribution in [0.1, 0.15) is 24.1 Å². The molecule has 0 saturated heterocycles. The summed E-state index contributed by atoms with van der Waals surface area (Å²) in [6.07, 6.45) is 0. The highest BCUT2D eigenvalue weighted by Gasteiger charge is 2.11. The largest absolute Gasteiger partial charge is 0.488 e. The van der Waals surface area contributed by atoms with Gasteiger partial charge < -0.3 is 10.5 Å². The van der Waals surface area contributed by atoms with Crippen molar-refractivity contribution in [3.05, 3.63) is 62.8 Å². The fourth-order valence-corrected chi connectivity index (χ4v) is 2.35. The van der Waals surface area contributed by atoms with Gasteiger partial charge in [0.2, 0.25) is 0 Å². The number of halogens is 3. The van der Waals surface area contributed by atoms with Gasteiger partial charge in [-0.05, 0) is 25.1 Å². The third kappa shape index (κ3) is 3.51. The van der Waals surface area contributed by atoms with Crippen molar-refractivity contribution in [2.45, 2.75) is 19.6 Å². The van der Waals surface area contributed by atoms with Crippen LogP contribution in [0.3, 0.4) is 0 Å². The van der Waals surface area contributed by atoms with Gasteiger partial charge in [0.25, 0.3) is 0 Å². The fraction of sp³-hybridized carbons (Fsp3) is 0.200. The molecular formula is C15H14BrClFNO. The van der Waals surface area contributed by atoms with E-state index in [4.69, 9.17) is 22.1 Å². The second-order valence-corrected chi connectivity index (χ2v) is 5.77. The molecule has 0 bridgehead atoms. The number of hydrogen-bond donors (Lipinski definition) is 1. The van der Waals surface area contributed by atoms with Gasteiger partial charge in [-0.25, -0.2) is 4.39 Å². The van der Waals surface area contributed by atoms with Gasteiger partial charge in [-0.15, -0.1) is 0 Å². The van der Waals surface area contributed by atoms with Crippen LogP contribution in [0.5, 0.6) is 5.75 Å². The second kappa shape index (κ2) is 6.57. The van der Waals surface area contributed by atoms with Gasteiger partial charge in [0.05, 0.1) is 5.02 Å². The van der Waals surface area contributed by atoms with Crippen LogP contribution in [-0.2, 0) is 6.61 Å². The van der Waals surface area contributed by atoms with Crippen molar-refractivity contribution < 1.29 is 9.13 Å². The van der Waals surface area contributed by atoms with Crippen LogP contribution in [0.25, 0.3) is 0 Å². The fourth-order valence-electron chi connectivity index (χ4n) is 1.82. The maximum absolute atomic E-state index is 13.4. The van der Waals surface area contributed by atoms with Crippen LogP contribution < -0.4 is 10.5 Å². The van der Waals surface area contributed by atoms with Crippen molar-refractivity contribution in [1.82, 2.24) is 0 Å². The Morgan fingerprint density at radius 3 is 2.80 bits per heavy atom. The highest BCUT2D eigenvalue weighted by molar-refractivity contribution is 9.10. The lowest BCUT2D eigenvalue weighted by Gasteiger charge is -2.15. The van der Waals surface area contributed by atoms with Crippen molar-refractivity contribution in [3.63, 3.8) is 0 Å². The Balaban J connectivity index is 2.22. The molecule has 0 aromatic heterocycles. The van der Waals surface area contributed by atoms with Crippen molar-refractivity contribution in [2.75, 3.05) is 0 Å². The van der Waals surface area contributed by atoms with E-state index in [0.717, 1.165) is 10.0 Å². The molecule has 0 fully saturated rings. The maximum atomic E-state index is 13.4. The maximum Gasteiger partial charge on any atom is 0.142 e. The predicted molar refractivity (Wildman–Crippen MR) is 82.5 cm³/mol. The molecule has 2 aromatic rings. The third-order valence-electron chi connectivity index (χ3n) is 2.88. The summed E-state index contributed by atoms with van der Waals surface area (Å²) in [5.41, 5.74) is 7.40. The topological polar surface area (TPSA) is 35.2 Å². The lowest BCUT2D eigenvalue weighted by atomic mass is 10.1. The van der Waals surface area contributed by atoms with Crippen LogP contribution in [0.4, 0.5) is 4.39 Å². The zero-order valence-corrected chi connectivity index (χ0v) is 13.2. The first-order valence-electron chi connectivity index (χ1n) is 6.09. The minimum Gasteiger partial charge on any atom is -0.488 e. The van der Waals surface area contributed by atoms with E-state index in [1.54, 1.807) is 12.1 Å². The summed E-state index contributed by atoms with van der Waals surface area (Å²) < 4.78 is 20.0. The first-order valence-corrected chi connectivity index (χ1v) is 7.27. The predicted octanol–water partition coefficient (Wildman–Crippen LogP) is 4.84. The smallest absolute Gasteiger partial charge is 0.142 e. The summed E-state index contributed by atoms with van der Waals surface area (Å²) in [4.78, 5) is 0. The molecule has 1 atom stereocenters. The molecule has 0 unspecified atom stereocenters. The molecule has 2 aromatic carbocycles. The molecule has 106 valence electrons.